The predicted octanol–water partition coefficient (Wildman–Crippen LogP) is 2.17. The minimum atomic E-state index is -0.132. The molecule has 0 atom stereocenters. The molecule has 0 radical (unpaired) electrons. The number of halogens is 1. The number of carbonyl (C=O) groups is 1. The monoisotopic (exact) mass is 310 g/mol. The van der Waals surface area contributed by atoms with Crippen LogP contribution in [0.1, 0.15) is 5.56 Å². The highest BCUT2D eigenvalue weighted by Crippen LogP contribution is 2.23. The molecule has 0 aliphatic heterocycles. The van der Waals surface area contributed by atoms with Crippen molar-refractivity contribution in [2.24, 2.45) is 5.10 Å². The predicted molar refractivity (Wildman–Crippen MR) is 86.6 cm³/mol. The number of hydrazone groups is 1. The molecule has 5 nitrogen and oxygen atoms in total. The van der Waals surface area contributed by atoms with Crippen LogP contribution in [0.15, 0.2) is 29.4 Å². The third-order valence-electron chi connectivity index (χ3n) is 2.44. The first-order valence-corrected chi connectivity index (χ1v) is 6.82. The summed E-state index contributed by atoms with van der Waals surface area (Å²) in [5.41, 5.74) is 3.31. The first-order valence-electron chi connectivity index (χ1n) is 6.44. The number of allylic oxidation sites excluding steroid dienone is 1. The van der Waals surface area contributed by atoms with Crippen LogP contribution in [0.5, 0.6) is 5.75 Å². The zero-order valence-corrected chi connectivity index (χ0v) is 13.5. The molecule has 0 aliphatic rings. The Hall–Kier alpha value is -1.85. The Morgan fingerprint density at radius 1 is 1.43 bits per heavy atom. The van der Waals surface area contributed by atoms with E-state index in [-0.39, 0.29) is 5.91 Å². The molecule has 0 saturated heterocycles. The van der Waals surface area contributed by atoms with Crippen molar-refractivity contribution >= 4 is 29.8 Å². The Labute approximate surface area is 130 Å². The molecular formula is C15H21ClN3O2+. The normalized spacial score (nSPS) is 12.0. The minimum absolute atomic E-state index is 0.132. The van der Waals surface area contributed by atoms with Crippen molar-refractivity contribution in [3.8, 4) is 5.75 Å². The maximum Gasteiger partial charge on any atom is 0.295 e. The van der Waals surface area contributed by atoms with Crippen LogP contribution in [-0.2, 0) is 4.79 Å². The number of benzene rings is 1. The second-order valence-electron chi connectivity index (χ2n) is 5.51. The summed E-state index contributed by atoms with van der Waals surface area (Å²) in [4.78, 5) is 11.5. The molecule has 1 aromatic carbocycles. The van der Waals surface area contributed by atoms with E-state index in [1.165, 1.54) is 6.21 Å². The van der Waals surface area contributed by atoms with Crippen molar-refractivity contribution in [2.75, 3.05) is 34.8 Å². The second-order valence-corrected chi connectivity index (χ2v) is 5.94. The van der Waals surface area contributed by atoms with Crippen molar-refractivity contribution in [1.29, 1.82) is 0 Å². The molecule has 0 aliphatic carbocycles. The molecule has 1 N–H and O–H groups in total. The van der Waals surface area contributed by atoms with Crippen LogP contribution in [0.4, 0.5) is 0 Å². The number of rotatable bonds is 6. The zero-order valence-electron chi connectivity index (χ0n) is 12.8. The van der Waals surface area contributed by atoms with Gasteiger partial charge in [0, 0.05) is 16.8 Å². The van der Waals surface area contributed by atoms with Gasteiger partial charge in [-0.05, 0) is 30.4 Å². The minimum Gasteiger partial charge on any atom is -0.496 e. The summed E-state index contributed by atoms with van der Waals surface area (Å²) >= 11 is 5.94. The first kappa shape index (κ1) is 17.2. The number of methoxy groups -OCH3 is 1. The fourth-order valence-corrected chi connectivity index (χ4v) is 1.78. The van der Waals surface area contributed by atoms with Gasteiger partial charge in [-0.15, -0.1) is 0 Å². The molecule has 21 heavy (non-hydrogen) atoms. The fourth-order valence-electron chi connectivity index (χ4n) is 1.60. The van der Waals surface area contributed by atoms with E-state index in [0.29, 0.717) is 16.1 Å². The largest absolute Gasteiger partial charge is 0.496 e. The van der Waals surface area contributed by atoms with Crippen molar-refractivity contribution in [3.63, 3.8) is 0 Å². The lowest BCUT2D eigenvalue weighted by Gasteiger charge is -2.21. The molecular weight excluding hydrogens is 290 g/mol. The van der Waals surface area contributed by atoms with Gasteiger partial charge in [0.15, 0.2) is 6.54 Å². The van der Waals surface area contributed by atoms with Gasteiger partial charge in [-0.2, -0.15) is 5.10 Å². The average molecular weight is 311 g/mol. The molecule has 0 saturated carbocycles. The Bertz CT molecular complexity index is 548. The molecule has 0 heterocycles. The highest BCUT2D eigenvalue weighted by atomic mass is 35.5. The van der Waals surface area contributed by atoms with Gasteiger partial charge in [0.25, 0.3) is 5.91 Å². The number of quaternary nitrogens is 1. The van der Waals surface area contributed by atoms with E-state index in [1.807, 2.05) is 21.1 Å². The molecule has 1 rings (SSSR count). The summed E-state index contributed by atoms with van der Waals surface area (Å²) in [6.07, 6.45) is 5.02. The van der Waals surface area contributed by atoms with E-state index in [2.05, 4.69) is 10.5 Å². The third-order valence-corrected chi connectivity index (χ3v) is 2.67. The lowest BCUT2D eigenvalue weighted by molar-refractivity contribution is -0.862. The number of amides is 1. The zero-order chi connectivity index (χ0) is 15.9. The molecule has 0 unspecified atom stereocenters. The van der Waals surface area contributed by atoms with Gasteiger partial charge in [-0.3, -0.25) is 4.79 Å². The number of carbonyl (C=O) groups excluding carboxylic acids is 1. The van der Waals surface area contributed by atoms with Gasteiger partial charge in [0.05, 0.1) is 28.3 Å². The Morgan fingerprint density at radius 3 is 2.76 bits per heavy atom. The molecule has 0 fully saturated rings. The summed E-state index contributed by atoms with van der Waals surface area (Å²) in [6, 6.07) is 5.35. The first-order chi connectivity index (χ1) is 9.81. The van der Waals surface area contributed by atoms with Gasteiger partial charge in [0.2, 0.25) is 0 Å². The Morgan fingerprint density at radius 2 is 2.14 bits per heavy atom. The molecule has 1 aromatic rings. The van der Waals surface area contributed by atoms with Crippen LogP contribution in [-0.4, -0.2) is 51.4 Å². The Balaban J connectivity index is 2.57. The van der Waals surface area contributed by atoms with E-state index in [1.54, 1.807) is 37.5 Å². The summed E-state index contributed by atoms with van der Waals surface area (Å²) in [5, 5.41) is 4.48. The highest BCUT2D eigenvalue weighted by Gasteiger charge is 2.12. The summed E-state index contributed by atoms with van der Waals surface area (Å²) in [6.45, 7) is 0.364. The number of nitrogens with zero attached hydrogens (tertiary/aromatic N) is 2. The van der Waals surface area contributed by atoms with Crippen LogP contribution in [0.25, 0.3) is 6.08 Å². The van der Waals surface area contributed by atoms with Crippen molar-refractivity contribution in [3.05, 3.63) is 34.9 Å². The number of hydrogen-bond acceptors (Lipinski definition) is 3. The van der Waals surface area contributed by atoms with Crippen LogP contribution in [0.3, 0.4) is 0 Å². The number of hydrogen-bond donors (Lipinski definition) is 1. The van der Waals surface area contributed by atoms with Gasteiger partial charge >= 0.3 is 0 Å². The van der Waals surface area contributed by atoms with E-state index in [9.17, 15) is 4.79 Å². The SMILES string of the molecule is COc1ccc(Cl)cc1/C=C\C=N\NC(=O)C[N+](C)(C)C. The van der Waals surface area contributed by atoms with Crippen molar-refractivity contribution in [2.45, 2.75) is 0 Å². The molecule has 6 heteroatoms. The third kappa shape index (κ3) is 6.92. The number of nitrogens with one attached hydrogen (secondary N) is 1. The summed E-state index contributed by atoms with van der Waals surface area (Å²) in [5.74, 6) is 0.589. The van der Waals surface area contributed by atoms with Crippen molar-refractivity contribution in [1.82, 2.24) is 5.43 Å². The molecule has 1 amide bonds. The quantitative estimate of drug-likeness (QED) is 0.497. The van der Waals surface area contributed by atoms with E-state index < -0.39 is 0 Å². The average Bonchev–Trinajstić information content (AvgIpc) is 2.36. The maximum atomic E-state index is 11.5. The number of likely N-dealkylation sites (N-methyl/N-ethyl adjacent to an activating group) is 1. The lowest BCUT2D eigenvalue weighted by atomic mass is 10.2. The van der Waals surface area contributed by atoms with Crippen LogP contribution in [0.2, 0.25) is 5.02 Å². The van der Waals surface area contributed by atoms with Gasteiger partial charge in [0.1, 0.15) is 5.75 Å². The van der Waals surface area contributed by atoms with Crippen molar-refractivity contribution < 1.29 is 14.0 Å². The second kappa shape index (κ2) is 7.81. The number of ether oxygens (including phenoxy) is 1. The summed E-state index contributed by atoms with van der Waals surface area (Å²) < 4.78 is 5.78. The molecule has 0 aromatic heterocycles. The topological polar surface area (TPSA) is 50.7 Å². The van der Waals surface area contributed by atoms with Crippen LogP contribution < -0.4 is 10.2 Å². The van der Waals surface area contributed by atoms with Gasteiger partial charge in [-0.1, -0.05) is 11.6 Å². The van der Waals surface area contributed by atoms with Crippen LogP contribution >= 0.6 is 11.6 Å². The molecule has 114 valence electrons. The maximum absolute atomic E-state index is 11.5. The molecule has 0 spiro atoms. The molecule has 0 bridgehead atoms. The smallest absolute Gasteiger partial charge is 0.295 e. The van der Waals surface area contributed by atoms with E-state index in [0.717, 1.165) is 11.3 Å². The van der Waals surface area contributed by atoms with Gasteiger partial charge < -0.3 is 9.22 Å². The lowest BCUT2D eigenvalue weighted by Crippen LogP contribution is -2.43. The standard InChI is InChI=1S/C15H20ClN3O2/c1-19(2,3)11-15(20)18-17-9-5-6-12-10-13(16)7-8-14(12)21-4/h5-10H,11H2,1-4H3/p+1/b6-5-,17-9+. The fraction of sp³-hybridized carbons (Fsp3) is 0.333. The van der Waals surface area contributed by atoms with E-state index >= 15 is 0 Å². The summed E-state index contributed by atoms with van der Waals surface area (Å²) in [7, 11) is 7.41. The van der Waals surface area contributed by atoms with E-state index in [4.69, 9.17) is 16.3 Å². The Kier molecular flexibility index (Phi) is 6.39. The highest BCUT2D eigenvalue weighted by molar-refractivity contribution is 6.30. The van der Waals surface area contributed by atoms with Gasteiger partial charge in [-0.25, -0.2) is 5.43 Å². The van der Waals surface area contributed by atoms with Crippen LogP contribution in [0, 0.1) is 0 Å².